The van der Waals surface area contributed by atoms with Crippen LogP contribution < -0.4 is 0 Å². The van der Waals surface area contributed by atoms with Crippen molar-refractivity contribution in [3.8, 4) is 10.6 Å². The molecule has 1 heterocycles. The third-order valence-corrected chi connectivity index (χ3v) is 4.34. The molecule has 0 fully saturated rings. The minimum absolute atomic E-state index is 0.0527. The Kier molecular flexibility index (Phi) is 4.69. The van der Waals surface area contributed by atoms with Crippen molar-refractivity contribution in [2.45, 2.75) is 6.61 Å². The Bertz CT molecular complexity index is 833. The van der Waals surface area contributed by atoms with Crippen molar-refractivity contribution in [3.05, 3.63) is 76.0 Å². The van der Waals surface area contributed by atoms with Gasteiger partial charge in [-0.3, -0.25) is 0 Å². The third-order valence-electron chi connectivity index (χ3n) is 3.09. The van der Waals surface area contributed by atoms with Crippen molar-refractivity contribution >= 4 is 28.9 Å². The number of hydrogen-bond donors (Lipinski definition) is 0. The number of aromatic nitrogens is 1. The van der Waals surface area contributed by atoms with Crippen LogP contribution in [0, 0.1) is 5.82 Å². The summed E-state index contributed by atoms with van der Waals surface area (Å²) in [5.74, 6) is -0.914. The van der Waals surface area contributed by atoms with Crippen LogP contribution in [0.1, 0.15) is 16.1 Å². The third kappa shape index (κ3) is 3.75. The van der Waals surface area contributed by atoms with Crippen LogP contribution in [0.3, 0.4) is 0 Å². The van der Waals surface area contributed by atoms with Gasteiger partial charge in [0, 0.05) is 10.9 Å². The Morgan fingerprint density at radius 1 is 1.17 bits per heavy atom. The number of esters is 1. The van der Waals surface area contributed by atoms with E-state index in [0.717, 1.165) is 10.6 Å². The number of ether oxygens (including phenoxy) is 1. The van der Waals surface area contributed by atoms with E-state index < -0.39 is 11.8 Å². The molecule has 6 heteroatoms. The van der Waals surface area contributed by atoms with Crippen molar-refractivity contribution < 1.29 is 13.9 Å². The topological polar surface area (TPSA) is 39.2 Å². The maximum absolute atomic E-state index is 12.8. The summed E-state index contributed by atoms with van der Waals surface area (Å²) in [5, 5.41) is 3.21. The molecule has 0 saturated carbocycles. The Hall–Kier alpha value is -2.24. The second kappa shape index (κ2) is 6.89. The lowest BCUT2D eigenvalue weighted by Crippen LogP contribution is -2.05. The molecule has 0 aliphatic carbocycles. The Labute approximate surface area is 141 Å². The van der Waals surface area contributed by atoms with Gasteiger partial charge in [-0.05, 0) is 30.3 Å². The molecule has 0 radical (unpaired) electrons. The summed E-state index contributed by atoms with van der Waals surface area (Å²) in [5.41, 5.74) is 1.78. The Balaban J connectivity index is 1.67. The van der Waals surface area contributed by atoms with Crippen molar-refractivity contribution in [3.63, 3.8) is 0 Å². The molecule has 0 bridgehead atoms. The van der Waals surface area contributed by atoms with E-state index in [1.807, 2.05) is 23.6 Å². The number of halogens is 2. The van der Waals surface area contributed by atoms with Gasteiger partial charge < -0.3 is 4.74 Å². The van der Waals surface area contributed by atoms with Crippen LogP contribution in [0.15, 0.2) is 53.9 Å². The highest BCUT2D eigenvalue weighted by Crippen LogP contribution is 2.30. The van der Waals surface area contributed by atoms with Gasteiger partial charge in [-0.1, -0.05) is 29.8 Å². The second-order valence-electron chi connectivity index (χ2n) is 4.71. The van der Waals surface area contributed by atoms with Crippen molar-refractivity contribution in [1.82, 2.24) is 4.98 Å². The lowest BCUT2D eigenvalue weighted by molar-refractivity contribution is 0.0468. The van der Waals surface area contributed by atoms with Crippen LogP contribution in [0.5, 0.6) is 0 Å². The molecule has 2 aromatic carbocycles. The van der Waals surface area contributed by atoms with E-state index >= 15 is 0 Å². The number of thiazole rings is 1. The zero-order valence-corrected chi connectivity index (χ0v) is 13.4. The fraction of sp³-hybridized carbons (Fsp3) is 0.0588. The maximum Gasteiger partial charge on any atom is 0.338 e. The van der Waals surface area contributed by atoms with E-state index in [-0.39, 0.29) is 6.61 Å². The number of benzene rings is 2. The molecule has 3 nitrogen and oxygen atoms in total. The van der Waals surface area contributed by atoms with Gasteiger partial charge in [-0.2, -0.15) is 0 Å². The first kappa shape index (κ1) is 15.6. The summed E-state index contributed by atoms with van der Waals surface area (Å²) in [6.45, 7) is 0.0527. The first-order chi connectivity index (χ1) is 11.1. The molecule has 0 N–H and O–H groups in total. The normalized spacial score (nSPS) is 10.5. The SMILES string of the molecule is O=C(OCc1csc(-c2ccccc2Cl)n1)c1ccc(F)cc1. The minimum Gasteiger partial charge on any atom is -0.456 e. The van der Waals surface area contributed by atoms with Gasteiger partial charge in [0.2, 0.25) is 0 Å². The van der Waals surface area contributed by atoms with Gasteiger partial charge in [0.1, 0.15) is 17.4 Å². The first-order valence-corrected chi connectivity index (χ1v) is 8.01. The van der Waals surface area contributed by atoms with E-state index in [0.29, 0.717) is 16.3 Å². The van der Waals surface area contributed by atoms with Crippen LogP contribution in [0.25, 0.3) is 10.6 Å². The summed E-state index contributed by atoms with van der Waals surface area (Å²) < 4.78 is 18.0. The summed E-state index contributed by atoms with van der Waals surface area (Å²) in [6, 6.07) is 12.6. The molecule has 0 amide bonds. The molecule has 0 spiro atoms. The van der Waals surface area contributed by atoms with Crippen LogP contribution in [0.4, 0.5) is 4.39 Å². The monoisotopic (exact) mass is 347 g/mol. The zero-order chi connectivity index (χ0) is 16.2. The van der Waals surface area contributed by atoms with Crippen LogP contribution in [-0.2, 0) is 11.3 Å². The summed E-state index contributed by atoms with van der Waals surface area (Å²) in [4.78, 5) is 16.3. The molecule has 0 aliphatic rings. The standard InChI is InChI=1S/C17H11ClFNO2S/c18-15-4-2-1-3-14(15)16-20-13(10-23-16)9-22-17(21)11-5-7-12(19)8-6-11/h1-8,10H,9H2. The molecule has 0 unspecified atom stereocenters. The molecule has 0 atom stereocenters. The molecule has 0 aliphatic heterocycles. The van der Waals surface area contributed by atoms with Crippen LogP contribution in [0.2, 0.25) is 5.02 Å². The minimum atomic E-state index is -0.516. The predicted molar refractivity (Wildman–Crippen MR) is 88.1 cm³/mol. The fourth-order valence-corrected chi connectivity index (χ4v) is 3.07. The summed E-state index contributed by atoms with van der Waals surface area (Å²) in [7, 11) is 0. The molecule has 116 valence electrons. The second-order valence-corrected chi connectivity index (χ2v) is 5.97. The predicted octanol–water partition coefficient (Wildman–Crippen LogP) is 4.96. The molecule has 0 saturated heterocycles. The number of rotatable bonds is 4. The van der Waals surface area contributed by atoms with Crippen LogP contribution in [-0.4, -0.2) is 11.0 Å². The lowest BCUT2D eigenvalue weighted by Gasteiger charge is -2.03. The van der Waals surface area contributed by atoms with Crippen molar-refractivity contribution in [2.24, 2.45) is 0 Å². The first-order valence-electron chi connectivity index (χ1n) is 6.75. The summed E-state index contributed by atoms with van der Waals surface area (Å²) in [6.07, 6.45) is 0. The lowest BCUT2D eigenvalue weighted by atomic mass is 10.2. The molecule has 1 aromatic heterocycles. The summed E-state index contributed by atoms with van der Waals surface area (Å²) >= 11 is 7.57. The van der Waals surface area contributed by atoms with E-state index in [2.05, 4.69) is 4.98 Å². The number of nitrogens with zero attached hydrogens (tertiary/aromatic N) is 1. The van der Waals surface area contributed by atoms with E-state index in [4.69, 9.17) is 16.3 Å². The molecule has 23 heavy (non-hydrogen) atoms. The van der Waals surface area contributed by atoms with Crippen molar-refractivity contribution in [1.29, 1.82) is 0 Å². The Morgan fingerprint density at radius 2 is 1.91 bits per heavy atom. The number of hydrogen-bond acceptors (Lipinski definition) is 4. The van der Waals surface area contributed by atoms with Gasteiger partial charge in [-0.15, -0.1) is 11.3 Å². The van der Waals surface area contributed by atoms with E-state index in [1.165, 1.54) is 35.6 Å². The smallest absolute Gasteiger partial charge is 0.338 e. The van der Waals surface area contributed by atoms with Gasteiger partial charge in [-0.25, -0.2) is 14.2 Å². The van der Waals surface area contributed by atoms with E-state index in [9.17, 15) is 9.18 Å². The van der Waals surface area contributed by atoms with Crippen LogP contribution >= 0.6 is 22.9 Å². The highest BCUT2D eigenvalue weighted by atomic mass is 35.5. The molecule has 3 rings (SSSR count). The van der Waals surface area contributed by atoms with Gasteiger partial charge in [0.15, 0.2) is 0 Å². The maximum atomic E-state index is 12.8. The highest BCUT2D eigenvalue weighted by molar-refractivity contribution is 7.13. The van der Waals surface area contributed by atoms with E-state index in [1.54, 1.807) is 6.07 Å². The highest BCUT2D eigenvalue weighted by Gasteiger charge is 2.11. The zero-order valence-electron chi connectivity index (χ0n) is 11.8. The quantitative estimate of drug-likeness (QED) is 0.626. The van der Waals surface area contributed by atoms with Gasteiger partial charge >= 0.3 is 5.97 Å². The molecular weight excluding hydrogens is 337 g/mol. The van der Waals surface area contributed by atoms with Crippen molar-refractivity contribution in [2.75, 3.05) is 0 Å². The molecular formula is C17H11ClFNO2S. The van der Waals surface area contributed by atoms with Gasteiger partial charge in [0.05, 0.1) is 16.3 Å². The Morgan fingerprint density at radius 3 is 2.65 bits per heavy atom. The number of carbonyl (C=O) groups excluding carboxylic acids is 1. The average molecular weight is 348 g/mol. The molecule has 3 aromatic rings. The van der Waals surface area contributed by atoms with Gasteiger partial charge in [0.25, 0.3) is 0 Å². The largest absolute Gasteiger partial charge is 0.456 e. The number of carbonyl (C=O) groups is 1. The average Bonchev–Trinajstić information content (AvgIpc) is 3.02. The fourth-order valence-electron chi connectivity index (χ4n) is 1.94.